The number of H-pyrrole nitrogens is 1. The smallest absolute Gasteiger partial charge is 0.270 e. The van der Waals surface area contributed by atoms with E-state index in [2.05, 4.69) is 15.3 Å². The lowest BCUT2D eigenvalue weighted by molar-refractivity contribution is -0.116. The van der Waals surface area contributed by atoms with Crippen LogP contribution in [-0.4, -0.2) is 15.9 Å². The van der Waals surface area contributed by atoms with Crippen molar-refractivity contribution in [3.63, 3.8) is 0 Å². The van der Waals surface area contributed by atoms with Crippen LogP contribution in [0.4, 0.5) is 5.69 Å². The Labute approximate surface area is 137 Å². The summed E-state index contributed by atoms with van der Waals surface area (Å²) >= 11 is 0. The lowest BCUT2D eigenvalue weighted by Gasteiger charge is -2.05. The van der Waals surface area contributed by atoms with Gasteiger partial charge in [-0.2, -0.15) is 5.26 Å². The second kappa shape index (κ2) is 6.75. The molecule has 118 valence electrons. The quantitative estimate of drug-likeness (QED) is 0.771. The van der Waals surface area contributed by atoms with E-state index >= 15 is 0 Å². The fourth-order valence-corrected chi connectivity index (χ4v) is 2.36. The number of aromatic nitrogens is 2. The van der Waals surface area contributed by atoms with Gasteiger partial charge in [0.1, 0.15) is 5.69 Å². The summed E-state index contributed by atoms with van der Waals surface area (Å²) in [5.74, 6) is -0.237. The largest absolute Gasteiger partial charge is 0.326 e. The third kappa shape index (κ3) is 3.47. The first kappa shape index (κ1) is 15.4. The lowest BCUT2D eigenvalue weighted by Crippen LogP contribution is -2.19. The molecule has 0 aliphatic heterocycles. The van der Waals surface area contributed by atoms with Crippen molar-refractivity contribution >= 4 is 22.6 Å². The number of amides is 1. The molecule has 1 aromatic heterocycles. The van der Waals surface area contributed by atoms with Crippen molar-refractivity contribution in [2.24, 2.45) is 0 Å². The van der Waals surface area contributed by atoms with Crippen LogP contribution in [0.15, 0.2) is 53.3 Å². The average Bonchev–Trinajstić information content (AvgIpc) is 2.60. The number of carbonyl (C=O) groups excluding carboxylic acids is 1. The number of nitrogens with zero attached hydrogens (tertiary/aromatic N) is 2. The number of nitrogens with one attached hydrogen (secondary N) is 2. The molecule has 0 bridgehead atoms. The second-order valence-electron chi connectivity index (χ2n) is 5.27. The summed E-state index contributed by atoms with van der Waals surface area (Å²) in [6, 6.07) is 15.9. The van der Waals surface area contributed by atoms with E-state index in [1.165, 1.54) is 0 Å². The molecule has 0 saturated heterocycles. The maximum Gasteiger partial charge on any atom is 0.270 e. The molecule has 6 nitrogen and oxygen atoms in total. The Balaban J connectivity index is 1.69. The maximum absolute atomic E-state index is 12.0. The topological polar surface area (TPSA) is 98.6 Å². The minimum atomic E-state index is -0.284. The number of rotatable bonds is 4. The zero-order valence-corrected chi connectivity index (χ0v) is 12.7. The number of nitriles is 1. The van der Waals surface area contributed by atoms with Crippen LogP contribution in [0, 0.1) is 11.3 Å². The number of fused-ring (bicyclic) bond motifs is 1. The SMILES string of the molecule is N#Cc1cccc(NC(=O)CCc2nc3ccccc3[nH]c2=O)c1. The number of hydrogen-bond acceptors (Lipinski definition) is 4. The molecule has 3 rings (SSSR count). The number of carbonyl (C=O) groups is 1. The van der Waals surface area contributed by atoms with Gasteiger partial charge in [0.15, 0.2) is 0 Å². The summed E-state index contributed by atoms with van der Waals surface area (Å²) in [7, 11) is 0. The van der Waals surface area contributed by atoms with Crippen LogP contribution >= 0.6 is 0 Å². The predicted octanol–water partition coefficient (Wildman–Crippen LogP) is 2.37. The van der Waals surface area contributed by atoms with Gasteiger partial charge in [-0.15, -0.1) is 0 Å². The van der Waals surface area contributed by atoms with Crippen molar-refractivity contribution in [2.45, 2.75) is 12.8 Å². The van der Waals surface area contributed by atoms with Gasteiger partial charge < -0.3 is 10.3 Å². The van der Waals surface area contributed by atoms with E-state index < -0.39 is 0 Å². The van der Waals surface area contributed by atoms with Crippen LogP contribution in [0.5, 0.6) is 0 Å². The summed E-state index contributed by atoms with van der Waals surface area (Å²) < 4.78 is 0. The number of hydrogen-bond donors (Lipinski definition) is 2. The van der Waals surface area contributed by atoms with Gasteiger partial charge in [-0.1, -0.05) is 18.2 Å². The van der Waals surface area contributed by atoms with E-state index in [1.54, 1.807) is 30.3 Å². The van der Waals surface area contributed by atoms with Crippen LogP contribution < -0.4 is 10.9 Å². The van der Waals surface area contributed by atoms with Crippen molar-refractivity contribution < 1.29 is 4.79 Å². The average molecular weight is 318 g/mol. The minimum absolute atomic E-state index is 0.130. The highest BCUT2D eigenvalue weighted by molar-refractivity contribution is 5.91. The van der Waals surface area contributed by atoms with Crippen LogP contribution in [0.25, 0.3) is 11.0 Å². The number of benzene rings is 2. The van der Waals surface area contributed by atoms with Crippen LogP contribution in [0.1, 0.15) is 17.7 Å². The molecule has 0 radical (unpaired) electrons. The molecule has 2 aromatic carbocycles. The van der Waals surface area contributed by atoms with Gasteiger partial charge in [-0.05, 0) is 30.3 Å². The van der Waals surface area contributed by atoms with E-state index in [0.29, 0.717) is 28.0 Å². The van der Waals surface area contributed by atoms with Crippen molar-refractivity contribution in [1.82, 2.24) is 9.97 Å². The summed E-state index contributed by atoms with van der Waals surface area (Å²) in [4.78, 5) is 31.1. The fourth-order valence-electron chi connectivity index (χ4n) is 2.36. The molecule has 0 saturated carbocycles. The Hall–Kier alpha value is -3.46. The zero-order valence-electron chi connectivity index (χ0n) is 12.7. The highest BCUT2D eigenvalue weighted by Gasteiger charge is 2.08. The number of aryl methyl sites for hydroxylation is 1. The summed E-state index contributed by atoms with van der Waals surface area (Å²) in [5, 5.41) is 11.6. The summed E-state index contributed by atoms with van der Waals surface area (Å²) in [6.07, 6.45) is 0.370. The minimum Gasteiger partial charge on any atom is -0.326 e. The van der Waals surface area contributed by atoms with E-state index in [9.17, 15) is 9.59 Å². The van der Waals surface area contributed by atoms with E-state index in [-0.39, 0.29) is 24.3 Å². The van der Waals surface area contributed by atoms with E-state index in [1.807, 2.05) is 24.3 Å². The van der Waals surface area contributed by atoms with Gasteiger partial charge in [0.05, 0.1) is 22.7 Å². The Morgan fingerprint density at radius 2 is 2.04 bits per heavy atom. The van der Waals surface area contributed by atoms with E-state index in [0.717, 1.165) is 0 Å². The summed E-state index contributed by atoms with van der Waals surface area (Å²) in [5.41, 5.74) is 2.43. The molecule has 0 unspecified atom stereocenters. The number of anilines is 1. The second-order valence-corrected chi connectivity index (χ2v) is 5.27. The highest BCUT2D eigenvalue weighted by atomic mass is 16.1. The first-order chi connectivity index (χ1) is 11.7. The molecule has 6 heteroatoms. The monoisotopic (exact) mass is 318 g/mol. The fraction of sp³-hybridized carbons (Fsp3) is 0.111. The van der Waals surface area contributed by atoms with Crippen molar-refractivity contribution in [2.75, 3.05) is 5.32 Å². The normalized spacial score (nSPS) is 10.3. The molecule has 0 spiro atoms. The Morgan fingerprint density at radius 1 is 1.21 bits per heavy atom. The Morgan fingerprint density at radius 3 is 2.88 bits per heavy atom. The van der Waals surface area contributed by atoms with Crippen LogP contribution in [0.2, 0.25) is 0 Å². The Kier molecular flexibility index (Phi) is 4.34. The van der Waals surface area contributed by atoms with Gasteiger partial charge in [-0.25, -0.2) is 4.98 Å². The number of para-hydroxylation sites is 2. The van der Waals surface area contributed by atoms with Crippen molar-refractivity contribution in [3.05, 3.63) is 70.1 Å². The molecule has 3 aromatic rings. The zero-order chi connectivity index (χ0) is 16.9. The van der Waals surface area contributed by atoms with Crippen LogP contribution in [-0.2, 0) is 11.2 Å². The standard InChI is InChI=1S/C18H14N4O2/c19-11-12-4-3-5-13(10-12)20-17(23)9-8-16-18(24)22-15-7-2-1-6-14(15)21-16/h1-7,10H,8-9H2,(H,20,23)(H,22,24). The summed E-state index contributed by atoms with van der Waals surface area (Å²) in [6.45, 7) is 0. The molecular formula is C18H14N4O2. The molecule has 0 aliphatic rings. The van der Waals surface area contributed by atoms with Gasteiger partial charge in [0.2, 0.25) is 5.91 Å². The molecule has 0 fully saturated rings. The third-order valence-electron chi connectivity index (χ3n) is 3.53. The molecule has 1 amide bonds. The third-order valence-corrected chi connectivity index (χ3v) is 3.53. The lowest BCUT2D eigenvalue weighted by atomic mass is 10.2. The molecule has 2 N–H and O–H groups in total. The van der Waals surface area contributed by atoms with Gasteiger partial charge >= 0.3 is 0 Å². The molecule has 0 aliphatic carbocycles. The highest BCUT2D eigenvalue weighted by Crippen LogP contribution is 2.11. The predicted molar refractivity (Wildman–Crippen MR) is 90.5 cm³/mol. The number of aromatic amines is 1. The van der Waals surface area contributed by atoms with Crippen LogP contribution in [0.3, 0.4) is 0 Å². The van der Waals surface area contributed by atoms with Gasteiger partial charge in [0, 0.05) is 18.5 Å². The molecule has 1 heterocycles. The first-order valence-corrected chi connectivity index (χ1v) is 7.43. The Bertz CT molecular complexity index is 1000. The van der Waals surface area contributed by atoms with Crippen molar-refractivity contribution in [1.29, 1.82) is 5.26 Å². The first-order valence-electron chi connectivity index (χ1n) is 7.43. The van der Waals surface area contributed by atoms with Crippen molar-refractivity contribution in [3.8, 4) is 6.07 Å². The van der Waals surface area contributed by atoms with Gasteiger partial charge in [-0.3, -0.25) is 9.59 Å². The molecule has 0 atom stereocenters. The molecular weight excluding hydrogens is 304 g/mol. The van der Waals surface area contributed by atoms with Gasteiger partial charge in [0.25, 0.3) is 5.56 Å². The maximum atomic E-state index is 12.0. The van der Waals surface area contributed by atoms with E-state index in [4.69, 9.17) is 5.26 Å². The molecule has 24 heavy (non-hydrogen) atoms.